The molecular weight excluding hydrogens is 312 g/mol. The van der Waals surface area contributed by atoms with Gasteiger partial charge in [0, 0.05) is 24.5 Å². The lowest BCUT2D eigenvalue weighted by atomic mass is 9.89. The zero-order valence-electron chi connectivity index (χ0n) is 13.3. The molecule has 1 aliphatic heterocycles. The molecule has 0 unspecified atom stereocenters. The Morgan fingerprint density at radius 1 is 1.43 bits per heavy atom. The van der Waals surface area contributed by atoms with E-state index in [4.69, 9.17) is 21.3 Å². The second kappa shape index (κ2) is 6.69. The van der Waals surface area contributed by atoms with Crippen LogP contribution < -0.4 is 0 Å². The molecule has 3 rings (SSSR count). The fourth-order valence-corrected chi connectivity index (χ4v) is 3.43. The lowest BCUT2D eigenvalue weighted by molar-refractivity contribution is 0.119. The van der Waals surface area contributed by atoms with E-state index in [1.165, 1.54) is 0 Å². The van der Waals surface area contributed by atoms with E-state index in [1.54, 1.807) is 6.07 Å². The van der Waals surface area contributed by atoms with Gasteiger partial charge in [0.25, 0.3) is 0 Å². The Labute approximate surface area is 140 Å². The van der Waals surface area contributed by atoms with Crippen molar-refractivity contribution in [2.24, 2.45) is 0 Å². The first kappa shape index (κ1) is 16.0. The molecule has 0 N–H and O–H groups in total. The topological polar surface area (TPSA) is 66.0 Å². The van der Waals surface area contributed by atoms with E-state index in [-0.39, 0.29) is 5.92 Å². The van der Waals surface area contributed by atoms with Crippen LogP contribution in [0.25, 0.3) is 0 Å². The molecule has 1 aliphatic rings. The summed E-state index contributed by atoms with van der Waals surface area (Å²) in [5, 5.41) is 17.7. The number of hydrogen-bond donors (Lipinski definition) is 0. The van der Waals surface area contributed by atoms with Crippen LogP contribution in [0.1, 0.15) is 48.6 Å². The van der Waals surface area contributed by atoms with Gasteiger partial charge in [0.2, 0.25) is 11.8 Å². The zero-order valence-corrected chi connectivity index (χ0v) is 14.0. The zero-order chi connectivity index (χ0) is 16.4. The Morgan fingerprint density at radius 3 is 2.91 bits per heavy atom. The molecule has 1 fully saturated rings. The van der Waals surface area contributed by atoms with Gasteiger partial charge in [-0.05, 0) is 44.0 Å². The van der Waals surface area contributed by atoms with Crippen LogP contribution in [-0.4, -0.2) is 27.7 Å². The third-order valence-electron chi connectivity index (χ3n) is 4.53. The molecule has 2 heterocycles. The highest BCUT2D eigenvalue weighted by Gasteiger charge is 2.32. The van der Waals surface area contributed by atoms with Crippen LogP contribution in [-0.2, 0) is 6.54 Å². The molecule has 1 aromatic heterocycles. The standard InChI is InChI=1S/C17H19ClN4O/c1-11-15(17-21-20-12(2)23-17)4-3-7-22(11)10-14-6-5-13(9-19)8-16(14)18/h5-6,8,11,15H,3-4,7,10H2,1-2H3/t11-,15-/m0/s1. The van der Waals surface area contributed by atoms with Gasteiger partial charge < -0.3 is 4.42 Å². The second-order valence-corrected chi connectivity index (χ2v) is 6.44. The lowest BCUT2D eigenvalue weighted by Gasteiger charge is -2.38. The molecule has 6 heteroatoms. The van der Waals surface area contributed by atoms with Gasteiger partial charge in [-0.3, -0.25) is 4.90 Å². The average molecular weight is 331 g/mol. The van der Waals surface area contributed by atoms with Gasteiger partial charge in [-0.15, -0.1) is 10.2 Å². The third kappa shape index (κ3) is 3.39. The van der Waals surface area contributed by atoms with Crippen molar-refractivity contribution >= 4 is 11.6 Å². The number of benzene rings is 1. The third-order valence-corrected chi connectivity index (χ3v) is 4.89. The van der Waals surface area contributed by atoms with Crippen molar-refractivity contribution < 1.29 is 4.42 Å². The number of aromatic nitrogens is 2. The summed E-state index contributed by atoms with van der Waals surface area (Å²) in [6.07, 6.45) is 2.14. The number of hydrogen-bond acceptors (Lipinski definition) is 5. The van der Waals surface area contributed by atoms with E-state index in [0.29, 0.717) is 22.5 Å². The Morgan fingerprint density at radius 2 is 2.26 bits per heavy atom. The smallest absolute Gasteiger partial charge is 0.221 e. The molecule has 0 spiro atoms. The summed E-state index contributed by atoms with van der Waals surface area (Å²) in [6, 6.07) is 7.89. The molecule has 1 aromatic carbocycles. The van der Waals surface area contributed by atoms with Crippen LogP contribution in [0.15, 0.2) is 22.6 Å². The maximum atomic E-state index is 8.94. The molecule has 0 radical (unpaired) electrons. The van der Waals surface area contributed by atoms with E-state index in [1.807, 2.05) is 19.1 Å². The number of halogens is 1. The largest absolute Gasteiger partial charge is 0.425 e. The van der Waals surface area contributed by atoms with Crippen molar-refractivity contribution in [3.8, 4) is 6.07 Å². The van der Waals surface area contributed by atoms with Gasteiger partial charge >= 0.3 is 0 Å². The van der Waals surface area contributed by atoms with Crippen LogP contribution in [0.4, 0.5) is 0 Å². The highest BCUT2D eigenvalue weighted by molar-refractivity contribution is 6.31. The molecule has 1 saturated heterocycles. The Kier molecular flexibility index (Phi) is 4.65. The Bertz CT molecular complexity index is 736. The molecule has 0 saturated carbocycles. The van der Waals surface area contributed by atoms with Gasteiger partial charge in [0.15, 0.2) is 0 Å². The fraction of sp³-hybridized carbons (Fsp3) is 0.471. The van der Waals surface area contributed by atoms with Gasteiger partial charge in [-0.2, -0.15) is 5.26 Å². The lowest BCUT2D eigenvalue weighted by Crippen LogP contribution is -2.41. The van der Waals surface area contributed by atoms with Crippen LogP contribution in [0, 0.1) is 18.3 Å². The summed E-state index contributed by atoms with van der Waals surface area (Å²) in [5.41, 5.74) is 1.63. The van der Waals surface area contributed by atoms with E-state index in [0.717, 1.165) is 37.4 Å². The van der Waals surface area contributed by atoms with Gasteiger partial charge in [0.05, 0.1) is 17.6 Å². The second-order valence-electron chi connectivity index (χ2n) is 6.04. The quantitative estimate of drug-likeness (QED) is 0.859. The monoisotopic (exact) mass is 330 g/mol. The fourth-order valence-electron chi connectivity index (χ4n) is 3.19. The van der Waals surface area contributed by atoms with E-state index in [2.05, 4.69) is 28.1 Å². The summed E-state index contributed by atoms with van der Waals surface area (Å²) >= 11 is 6.31. The van der Waals surface area contributed by atoms with Crippen molar-refractivity contribution in [2.75, 3.05) is 6.54 Å². The highest BCUT2D eigenvalue weighted by Crippen LogP contribution is 2.33. The first-order valence-electron chi connectivity index (χ1n) is 7.81. The minimum atomic E-state index is 0.252. The summed E-state index contributed by atoms with van der Waals surface area (Å²) in [5.74, 6) is 1.59. The Balaban J connectivity index is 1.76. The van der Waals surface area contributed by atoms with Gasteiger partial charge in [0.1, 0.15) is 0 Å². The van der Waals surface area contributed by atoms with Crippen LogP contribution in [0.5, 0.6) is 0 Å². The molecule has 0 amide bonds. The number of piperidine rings is 1. The molecule has 5 nitrogen and oxygen atoms in total. The maximum Gasteiger partial charge on any atom is 0.221 e. The molecule has 0 aliphatic carbocycles. The van der Waals surface area contributed by atoms with Crippen LogP contribution in [0.3, 0.4) is 0 Å². The Hall–Kier alpha value is -1.90. The van der Waals surface area contributed by atoms with Crippen LogP contribution in [0.2, 0.25) is 5.02 Å². The van der Waals surface area contributed by atoms with E-state index >= 15 is 0 Å². The number of aryl methyl sites for hydroxylation is 1. The number of likely N-dealkylation sites (tertiary alicyclic amines) is 1. The average Bonchev–Trinajstić information content (AvgIpc) is 2.97. The van der Waals surface area contributed by atoms with E-state index in [9.17, 15) is 0 Å². The van der Waals surface area contributed by atoms with Gasteiger partial charge in [-0.25, -0.2) is 0 Å². The normalized spacial score (nSPS) is 22.0. The first-order chi connectivity index (χ1) is 11.1. The van der Waals surface area contributed by atoms with E-state index < -0.39 is 0 Å². The molecule has 120 valence electrons. The minimum Gasteiger partial charge on any atom is -0.425 e. The molecule has 2 aromatic rings. The highest BCUT2D eigenvalue weighted by atomic mass is 35.5. The van der Waals surface area contributed by atoms with Gasteiger partial charge in [-0.1, -0.05) is 17.7 Å². The van der Waals surface area contributed by atoms with Crippen molar-refractivity contribution in [2.45, 2.75) is 45.2 Å². The predicted octanol–water partition coefficient (Wildman–Crippen LogP) is 3.67. The number of rotatable bonds is 3. The summed E-state index contributed by atoms with van der Waals surface area (Å²) in [4.78, 5) is 2.39. The van der Waals surface area contributed by atoms with Crippen LogP contribution >= 0.6 is 11.6 Å². The maximum absolute atomic E-state index is 8.94. The molecule has 0 bridgehead atoms. The molecule has 23 heavy (non-hydrogen) atoms. The number of nitrogens with zero attached hydrogens (tertiary/aromatic N) is 4. The van der Waals surface area contributed by atoms with Crippen molar-refractivity contribution in [3.63, 3.8) is 0 Å². The molecule has 2 atom stereocenters. The van der Waals surface area contributed by atoms with Crippen molar-refractivity contribution in [3.05, 3.63) is 46.1 Å². The molecular formula is C17H19ClN4O. The SMILES string of the molecule is Cc1nnc([C@H]2CCCN(Cc3ccc(C#N)cc3Cl)[C@H]2C)o1. The summed E-state index contributed by atoms with van der Waals surface area (Å²) < 4.78 is 5.63. The number of nitriles is 1. The minimum absolute atomic E-state index is 0.252. The summed E-state index contributed by atoms with van der Waals surface area (Å²) in [7, 11) is 0. The summed E-state index contributed by atoms with van der Waals surface area (Å²) in [6.45, 7) is 5.79. The van der Waals surface area contributed by atoms with Crippen molar-refractivity contribution in [1.29, 1.82) is 5.26 Å². The first-order valence-corrected chi connectivity index (χ1v) is 8.19. The predicted molar refractivity (Wildman–Crippen MR) is 87.0 cm³/mol. The van der Waals surface area contributed by atoms with Crippen molar-refractivity contribution in [1.82, 2.24) is 15.1 Å².